The third-order valence-corrected chi connectivity index (χ3v) is 7.86. The topological polar surface area (TPSA) is 214 Å². The molecule has 2 unspecified atom stereocenters. The first kappa shape index (κ1) is 46.9. The third-order valence-electron chi connectivity index (χ3n) is 7.86. The number of alkyl carbamates (subject to hydrolysis) is 1. The van der Waals surface area contributed by atoms with Crippen LogP contribution in [0.1, 0.15) is 78.0 Å². The summed E-state index contributed by atoms with van der Waals surface area (Å²) >= 11 is 0. The van der Waals surface area contributed by atoms with E-state index in [1.165, 1.54) is 19.1 Å². The molecule has 16 nitrogen and oxygen atoms in total. The summed E-state index contributed by atoms with van der Waals surface area (Å²) in [4.78, 5) is 89.9. The Morgan fingerprint density at radius 2 is 1.17 bits per heavy atom. The molecule has 0 radical (unpaired) electrons. The summed E-state index contributed by atoms with van der Waals surface area (Å²) in [5.74, 6) is -3.45. The molecule has 0 heterocycles. The summed E-state index contributed by atoms with van der Waals surface area (Å²) in [5, 5.41) is 9.99. The van der Waals surface area contributed by atoms with E-state index in [4.69, 9.17) is 23.7 Å². The molecular weight excluding hydrogens is 764 g/mol. The molecule has 4 amide bonds. The van der Waals surface area contributed by atoms with Crippen LogP contribution in [0.5, 0.6) is 5.75 Å². The molecule has 318 valence electrons. The zero-order chi connectivity index (χ0) is 43.6. The number of hydrogen-bond acceptors (Lipinski definition) is 12. The Morgan fingerprint density at radius 1 is 0.610 bits per heavy atom. The van der Waals surface area contributed by atoms with Crippen LogP contribution in [0.3, 0.4) is 0 Å². The van der Waals surface area contributed by atoms with Crippen molar-refractivity contribution in [3.63, 3.8) is 0 Å². The van der Waals surface area contributed by atoms with E-state index >= 15 is 0 Å². The number of nitrogens with one attached hydrogen (secondary N) is 4. The maximum absolute atomic E-state index is 13.5. The molecule has 0 aliphatic rings. The second kappa shape index (κ2) is 22.5. The molecule has 4 N–H and O–H groups in total. The van der Waals surface area contributed by atoms with Gasteiger partial charge in [0.25, 0.3) is 0 Å². The van der Waals surface area contributed by atoms with Crippen molar-refractivity contribution >= 4 is 41.9 Å². The van der Waals surface area contributed by atoms with E-state index in [-0.39, 0.29) is 38.2 Å². The van der Waals surface area contributed by atoms with Gasteiger partial charge < -0.3 is 45.0 Å². The van der Waals surface area contributed by atoms with Crippen molar-refractivity contribution in [1.29, 1.82) is 0 Å². The fourth-order valence-electron chi connectivity index (χ4n) is 5.05. The monoisotopic (exact) mass is 818 g/mol. The summed E-state index contributed by atoms with van der Waals surface area (Å²) in [7, 11) is 0. The minimum Gasteiger partial charge on any atom is -0.461 e. The SMILES string of the molecule is C[C@H](NC(=O)C(Cc1ccc(OC(=O)OC(C)(C)C)cc1)NC(=O)OC(C)(C)C)C(=O)NCC(=O)NC(CCC(=O)OCc1ccccc1)C(=O)OCc1ccccc1. The molecule has 3 rings (SSSR count). The predicted octanol–water partition coefficient (Wildman–Crippen LogP) is 4.81. The van der Waals surface area contributed by atoms with Gasteiger partial charge in [0.15, 0.2) is 0 Å². The van der Waals surface area contributed by atoms with Crippen LogP contribution >= 0.6 is 0 Å². The molecule has 0 aliphatic carbocycles. The number of hydrogen-bond donors (Lipinski definition) is 4. The molecule has 59 heavy (non-hydrogen) atoms. The molecular formula is C43H54N4O12. The lowest BCUT2D eigenvalue weighted by atomic mass is 10.0. The first-order valence-corrected chi connectivity index (χ1v) is 19.0. The van der Waals surface area contributed by atoms with Crippen molar-refractivity contribution in [2.45, 2.75) is 110 Å². The fraction of sp³-hybridized carbons (Fsp3) is 0.419. The average Bonchev–Trinajstić information content (AvgIpc) is 3.16. The molecule has 0 bridgehead atoms. The first-order valence-electron chi connectivity index (χ1n) is 19.0. The van der Waals surface area contributed by atoms with Gasteiger partial charge in [-0.05, 0) is 83.7 Å². The fourth-order valence-corrected chi connectivity index (χ4v) is 5.05. The number of carbonyl (C=O) groups is 7. The van der Waals surface area contributed by atoms with E-state index in [0.29, 0.717) is 11.1 Å². The minimum absolute atomic E-state index is 0.0353. The molecule has 0 fully saturated rings. The summed E-state index contributed by atoms with van der Waals surface area (Å²) in [6.45, 7) is 10.8. The van der Waals surface area contributed by atoms with Crippen molar-refractivity contribution < 1.29 is 57.2 Å². The number of ether oxygens (including phenoxy) is 5. The van der Waals surface area contributed by atoms with E-state index in [0.717, 1.165) is 5.56 Å². The maximum atomic E-state index is 13.5. The van der Waals surface area contributed by atoms with Gasteiger partial charge in [-0.1, -0.05) is 72.8 Å². The average molecular weight is 819 g/mol. The Bertz CT molecular complexity index is 1870. The van der Waals surface area contributed by atoms with Gasteiger partial charge in [-0.25, -0.2) is 14.4 Å². The van der Waals surface area contributed by atoms with Crippen LogP contribution in [0.25, 0.3) is 0 Å². The molecule has 3 aromatic carbocycles. The Hall–Kier alpha value is -6.45. The Labute approximate surface area is 344 Å². The van der Waals surface area contributed by atoms with Gasteiger partial charge in [-0.15, -0.1) is 0 Å². The maximum Gasteiger partial charge on any atom is 0.514 e. The van der Waals surface area contributed by atoms with Crippen molar-refractivity contribution in [3.05, 3.63) is 102 Å². The lowest BCUT2D eigenvalue weighted by Crippen LogP contribution is -2.55. The van der Waals surface area contributed by atoms with E-state index in [1.54, 1.807) is 90.1 Å². The zero-order valence-electron chi connectivity index (χ0n) is 34.5. The van der Waals surface area contributed by atoms with E-state index < -0.39 is 77.8 Å². The second-order valence-corrected chi connectivity index (χ2v) is 15.5. The van der Waals surface area contributed by atoms with Gasteiger partial charge in [-0.3, -0.25) is 19.2 Å². The van der Waals surface area contributed by atoms with Gasteiger partial charge in [0.2, 0.25) is 17.7 Å². The van der Waals surface area contributed by atoms with Crippen LogP contribution in [-0.4, -0.2) is 77.8 Å². The highest BCUT2D eigenvalue weighted by atomic mass is 16.7. The van der Waals surface area contributed by atoms with Crippen molar-refractivity contribution in [2.24, 2.45) is 0 Å². The summed E-state index contributed by atoms with van der Waals surface area (Å²) in [6, 6.07) is 20.4. The van der Waals surface area contributed by atoms with E-state index in [1.807, 2.05) is 24.3 Å². The van der Waals surface area contributed by atoms with Gasteiger partial charge in [-0.2, -0.15) is 0 Å². The Balaban J connectivity index is 1.60. The normalized spacial score (nSPS) is 12.7. The lowest BCUT2D eigenvalue weighted by Gasteiger charge is -2.24. The Kier molecular flexibility index (Phi) is 17.9. The summed E-state index contributed by atoms with van der Waals surface area (Å²) < 4.78 is 26.4. The molecule has 16 heteroatoms. The standard InChI is InChI=1S/C43H54N4O12/c1-28(45-38(51)34(47-40(53)58-42(2,3)4)24-29-18-20-32(21-19-29)57-41(54)59-43(5,6)7)37(50)44-25-35(48)46-33(39(52)56-27-31-16-12-9-13-17-31)22-23-36(49)55-26-30-14-10-8-11-15-30/h8-21,28,33-34H,22-27H2,1-7H3,(H,44,50)(H,45,51)(H,46,48)(H,47,53)/t28-,33?,34?/m0/s1. The van der Waals surface area contributed by atoms with Crippen molar-refractivity contribution in [3.8, 4) is 5.75 Å². The first-order chi connectivity index (χ1) is 27.8. The van der Waals surface area contributed by atoms with Gasteiger partial charge in [0, 0.05) is 12.8 Å². The van der Waals surface area contributed by atoms with E-state index in [2.05, 4.69) is 21.3 Å². The molecule has 0 spiro atoms. The molecule has 0 aromatic heterocycles. The van der Waals surface area contributed by atoms with E-state index in [9.17, 15) is 33.6 Å². The summed E-state index contributed by atoms with van der Waals surface area (Å²) in [5.41, 5.74) is 0.427. The van der Waals surface area contributed by atoms with Crippen LogP contribution in [0.4, 0.5) is 9.59 Å². The second-order valence-electron chi connectivity index (χ2n) is 15.5. The van der Waals surface area contributed by atoms with Crippen LogP contribution in [0.2, 0.25) is 0 Å². The van der Waals surface area contributed by atoms with Crippen LogP contribution in [-0.2, 0) is 62.6 Å². The number of esters is 2. The highest BCUT2D eigenvalue weighted by Gasteiger charge is 2.29. The quantitative estimate of drug-likeness (QED) is 0.0774. The predicted molar refractivity (Wildman–Crippen MR) is 214 cm³/mol. The summed E-state index contributed by atoms with van der Waals surface area (Å²) in [6.07, 6.45) is -2.17. The van der Waals surface area contributed by atoms with Crippen LogP contribution in [0, 0.1) is 0 Å². The number of amides is 4. The number of benzene rings is 3. The lowest BCUT2D eigenvalue weighted by molar-refractivity contribution is -0.150. The van der Waals surface area contributed by atoms with Gasteiger partial charge in [0.05, 0.1) is 6.54 Å². The molecule has 3 aromatic rings. The van der Waals surface area contributed by atoms with Crippen LogP contribution < -0.4 is 26.0 Å². The largest absolute Gasteiger partial charge is 0.514 e. The Morgan fingerprint density at radius 3 is 1.73 bits per heavy atom. The van der Waals surface area contributed by atoms with Crippen molar-refractivity contribution in [2.75, 3.05) is 6.54 Å². The third kappa shape index (κ3) is 19.0. The molecule has 0 saturated carbocycles. The minimum atomic E-state index is -1.25. The molecule has 0 saturated heterocycles. The van der Waals surface area contributed by atoms with Crippen molar-refractivity contribution in [1.82, 2.24) is 21.3 Å². The highest BCUT2D eigenvalue weighted by molar-refractivity contribution is 5.93. The number of rotatable bonds is 18. The highest BCUT2D eigenvalue weighted by Crippen LogP contribution is 2.17. The molecule has 0 aliphatic heterocycles. The van der Waals surface area contributed by atoms with Gasteiger partial charge >= 0.3 is 24.2 Å². The smallest absolute Gasteiger partial charge is 0.461 e. The zero-order valence-corrected chi connectivity index (χ0v) is 34.5. The number of carbonyl (C=O) groups excluding carboxylic acids is 7. The van der Waals surface area contributed by atoms with Gasteiger partial charge in [0.1, 0.15) is 48.3 Å². The van der Waals surface area contributed by atoms with Crippen LogP contribution in [0.15, 0.2) is 84.9 Å². The molecule has 3 atom stereocenters.